The zero-order chi connectivity index (χ0) is 40.4. The Kier molecular flexibility index (Phi) is 14.0. The van der Waals surface area contributed by atoms with E-state index in [0.717, 1.165) is 80.6 Å². The van der Waals surface area contributed by atoms with Gasteiger partial charge >= 0.3 is 5.97 Å². The predicted molar refractivity (Wildman–Crippen MR) is 232 cm³/mol. The van der Waals surface area contributed by atoms with Gasteiger partial charge in [-0.15, -0.1) is 0 Å². The lowest BCUT2D eigenvalue weighted by molar-refractivity contribution is -0.438. The van der Waals surface area contributed by atoms with Crippen LogP contribution in [0.25, 0.3) is 0 Å². The topological polar surface area (TPSA) is 97.6 Å². The van der Waals surface area contributed by atoms with E-state index in [1.807, 2.05) is 12.1 Å². The van der Waals surface area contributed by atoms with Crippen molar-refractivity contribution in [3.8, 4) is 0 Å². The fourth-order valence-electron chi connectivity index (χ4n) is 8.59. The molecule has 3 aliphatic rings. The van der Waals surface area contributed by atoms with Crippen molar-refractivity contribution in [3.63, 3.8) is 0 Å². The molecule has 2 aliphatic heterocycles. The lowest BCUT2D eigenvalue weighted by Crippen LogP contribution is -2.36. The smallest absolute Gasteiger partial charge is 0.303 e. The van der Waals surface area contributed by atoms with Gasteiger partial charge in [0, 0.05) is 84.3 Å². The van der Waals surface area contributed by atoms with E-state index < -0.39 is 5.97 Å². The van der Waals surface area contributed by atoms with E-state index in [1.165, 1.54) is 39.5 Å². The number of para-hydroxylation sites is 2. The molecule has 8 nitrogen and oxygen atoms in total. The minimum atomic E-state index is -0.730. The molecular weight excluding hydrogens is 730 g/mol. The number of aliphatic carboxylic acids is 1. The predicted octanol–water partition coefficient (Wildman–Crippen LogP) is 10.3. The monoisotopic (exact) mass is 788 g/mol. The number of carboxylic acids is 1. The van der Waals surface area contributed by atoms with Crippen molar-refractivity contribution >= 4 is 40.6 Å². The van der Waals surface area contributed by atoms with Crippen LogP contribution in [0.1, 0.15) is 115 Å². The number of allylic oxidation sites excluding steroid dienone is 8. The molecule has 2 aromatic carbocycles. The van der Waals surface area contributed by atoms with Gasteiger partial charge in [0.15, 0.2) is 5.71 Å². The maximum Gasteiger partial charge on any atom is 0.303 e. The van der Waals surface area contributed by atoms with Crippen LogP contribution in [0.15, 0.2) is 119 Å². The number of halogens is 1. The number of carbonyl (C=O) groups is 2. The van der Waals surface area contributed by atoms with Crippen LogP contribution in [0, 0.1) is 0 Å². The molecule has 1 aliphatic carbocycles. The number of hydrogen-bond acceptors (Lipinski definition) is 5. The molecule has 0 saturated heterocycles. The normalized spacial score (nSPS) is 18.5. The van der Waals surface area contributed by atoms with E-state index in [9.17, 15) is 9.59 Å². The van der Waals surface area contributed by atoms with Gasteiger partial charge < -0.3 is 10.0 Å². The standard InChI is InChI=1S/C48H58ClN5O3/c1-47(2)38-18-9-11-20-40(38)53(32-13-5-7-22-44(55)52-51-34-35-28-30-50-31-29-35)42(47)26-24-36-16-15-17-37(46(36)49)25-27-43-48(3,4)39-19-10-12-21-41(39)54(43)33-14-6-8-23-45(56)57/h9-12,18-21,24-31,51H,5-8,13-17,22-23,32-34H2,1-4H3,(H-,52,55,56,57)/p+1. The van der Waals surface area contributed by atoms with Crippen LogP contribution >= 0.6 is 11.6 Å². The van der Waals surface area contributed by atoms with Gasteiger partial charge in [0.1, 0.15) is 6.54 Å². The highest BCUT2D eigenvalue weighted by Crippen LogP contribution is 2.48. The summed E-state index contributed by atoms with van der Waals surface area (Å²) in [5.74, 6) is -0.722. The molecule has 0 spiro atoms. The van der Waals surface area contributed by atoms with Crippen molar-refractivity contribution in [1.29, 1.82) is 0 Å². The van der Waals surface area contributed by atoms with Crippen LogP contribution in [0.3, 0.4) is 0 Å². The quantitative estimate of drug-likeness (QED) is 0.0675. The Morgan fingerprint density at radius 3 is 2.35 bits per heavy atom. The van der Waals surface area contributed by atoms with Crippen LogP contribution in [-0.4, -0.2) is 45.3 Å². The first-order valence-corrected chi connectivity index (χ1v) is 21.1. The highest BCUT2D eigenvalue weighted by molar-refractivity contribution is 6.32. The third-order valence-electron chi connectivity index (χ3n) is 11.8. The maximum absolute atomic E-state index is 12.5. The summed E-state index contributed by atoms with van der Waals surface area (Å²) in [4.78, 5) is 30.0. The summed E-state index contributed by atoms with van der Waals surface area (Å²) in [5.41, 5.74) is 16.5. The molecule has 3 aromatic rings. The number of nitrogens with zero attached hydrogens (tertiary/aromatic N) is 3. The molecule has 6 rings (SSSR count). The average Bonchev–Trinajstić information content (AvgIpc) is 3.55. The number of amides is 1. The van der Waals surface area contributed by atoms with Crippen molar-refractivity contribution < 1.29 is 19.3 Å². The van der Waals surface area contributed by atoms with Gasteiger partial charge in [0.25, 0.3) is 0 Å². The summed E-state index contributed by atoms with van der Waals surface area (Å²) in [5, 5.41) is 9.95. The number of carbonyl (C=O) groups excluding carboxylic acids is 1. The average molecular weight is 789 g/mol. The molecule has 1 amide bonds. The van der Waals surface area contributed by atoms with E-state index in [-0.39, 0.29) is 23.2 Å². The molecule has 0 atom stereocenters. The fourth-order valence-corrected chi connectivity index (χ4v) is 8.91. The molecule has 0 bridgehead atoms. The van der Waals surface area contributed by atoms with Gasteiger partial charge in [-0.3, -0.25) is 20.0 Å². The molecule has 3 heterocycles. The maximum atomic E-state index is 12.5. The van der Waals surface area contributed by atoms with Crippen molar-refractivity contribution in [2.24, 2.45) is 0 Å². The van der Waals surface area contributed by atoms with Gasteiger partial charge in [0.2, 0.25) is 11.6 Å². The molecule has 9 heteroatoms. The number of rotatable bonds is 18. The Labute approximate surface area is 344 Å². The summed E-state index contributed by atoms with van der Waals surface area (Å²) in [7, 11) is 0. The van der Waals surface area contributed by atoms with E-state index in [0.29, 0.717) is 19.4 Å². The first-order valence-electron chi connectivity index (χ1n) is 20.7. The number of fused-ring (bicyclic) bond motifs is 2. The molecule has 3 N–H and O–H groups in total. The number of benzene rings is 2. The SMILES string of the molecule is CC1(C)C(=CC=C2CCCC(C=CC3=[N+](CCCCCC(=O)NNCc4ccncc4)c4ccccc4C3(C)C)=C2Cl)N(CCCCCC(=O)O)c2ccccc21. The summed E-state index contributed by atoms with van der Waals surface area (Å²) in [6.45, 7) is 11.5. The van der Waals surface area contributed by atoms with Crippen LogP contribution < -0.4 is 15.8 Å². The number of nitrogens with one attached hydrogen (secondary N) is 2. The number of aromatic nitrogens is 1. The summed E-state index contributed by atoms with van der Waals surface area (Å²) >= 11 is 7.27. The van der Waals surface area contributed by atoms with Gasteiger partial charge in [-0.05, 0) is 105 Å². The Morgan fingerprint density at radius 2 is 1.56 bits per heavy atom. The van der Waals surface area contributed by atoms with Gasteiger partial charge in [-0.2, -0.15) is 4.58 Å². The molecule has 57 heavy (non-hydrogen) atoms. The van der Waals surface area contributed by atoms with Gasteiger partial charge in [-0.1, -0.05) is 80.4 Å². The second kappa shape index (κ2) is 19.1. The second-order valence-corrected chi connectivity index (χ2v) is 16.9. The lowest BCUT2D eigenvalue weighted by atomic mass is 9.81. The molecule has 0 saturated carbocycles. The molecular formula is C48H59ClN5O3+. The Balaban J connectivity index is 1.15. The Morgan fingerprint density at radius 1 is 0.842 bits per heavy atom. The largest absolute Gasteiger partial charge is 0.481 e. The van der Waals surface area contributed by atoms with E-state index in [1.54, 1.807) is 12.4 Å². The summed E-state index contributed by atoms with van der Waals surface area (Å²) in [6.07, 6.45) is 21.4. The number of pyridine rings is 1. The van der Waals surface area contributed by atoms with E-state index in [4.69, 9.17) is 16.7 Å². The first kappa shape index (κ1) is 41.8. The van der Waals surface area contributed by atoms with Crippen molar-refractivity contribution in [2.75, 3.05) is 18.0 Å². The lowest BCUT2D eigenvalue weighted by Gasteiger charge is -2.27. The van der Waals surface area contributed by atoms with Crippen LogP contribution in [-0.2, 0) is 27.0 Å². The summed E-state index contributed by atoms with van der Waals surface area (Å²) < 4.78 is 2.47. The van der Waals surface area contributed by atoms with Crippen molar-refractivity contribution in [2.45, 2.75) is 116 Å². The minimum Gasteiger partial charge on any atom is -0.481 e. The Hall–Kier alpha value is -4.79. The van der Waals surface area contributed by atoms with Crippen LogP contribution in [0.5, 0.6) is 0 Å². The van der Waals surface area contributed by atoms with Crippen LogP contribution in [0.2, 0.25) is 0 Å². The molecule has 1 aromatic heterocycles. The number of anilines is 1. The number of hydrogen-bond donors (Lipinski definition) is 3. The third kappa shape index (κ3) is 10.0. The van der Waals surface area contributed by atoms with Gasteiger partial charge in [0.05, 0.1) is 5.41 Å². The second-order valence-electron chi connectivity index (χ2n) is 16.5. The molecule has 300 valence electrons. The number of carboxylic acid groups (broad SMARTS) is 1. The minimum absolute atomic E-state index is 0.00785. The first-order chi connectivity index (χ1) is 27.5. The van der Waals surface area contributed by atoms with E-state index >= 15 is 0 Å². The van der Waals surface area contributed by atoms with E-state index in [2.05, 4.69) is 126 Å². The van der Waals surface area contributed by atoms with Crippen molar-refractivity contribution in [1.82, 2.24) is 15.8 Å². The fraction of sp³-hybridized carbons (Fsp3) is 0.417. The zero-order valence-corrected chi connectivity index (χ0v) is 34.9. The Bertz CT molecular complexity index is 2080. The highest BCUT2D eigenvalue weighted by Gasteiger charge is 2.44. The molecule has 0 fully saturated rings. The van der Waals surface area contributed by atoms with Crippen molar-refractivity contribution in [3.05, 3.63) is 136 Å². The molecule has 0 unspecified atom stereocenters. The number of unbranched alkanes of at least 4 members (excludes halogenated alkanes) is 4. The highest BCUT2D eigenvalue weighted by atomic mass is 35.5. The third-order valence-corrected chi connectivity index (χ3v) is 12.3. The molecule has 0 radical (unpaired) electrons. The van der Waals surface area contributed by atoms with Crippen LogP contribution in [0.4, 0.5) is 11.4 Å². The number of hydrazine groups is 1. The van der Waals surface area contributed by atoms with Gasteiger partial charge in [-0.25, -0.2) is 5.43 Å². The summed E-state index contributed by atoms with van der Waals surface area (Å²) in [6, 6.07) is 21.2. The zero-order valence-electron chi connectivity index (χ0n) is 34.1.